The fourth-order valence-electron chi connectivity index (χ4n) is 5.52. The van der Waals surface area contributed by atoms with Crippen molar-refractivity contribution < 1.29 is 19.0 Å². The summed E-state index contributed by atoms with van der Waals surface area (Å²) in [5.41, 5.74) is 3.14. The highest BCUT2D eigenvalue weighted by Crippen LogP contribution is 2.43. The van der Waals surface area contributed by atoms with Crippen LogP contribution in [0.1, 0.15) is 29.3 Å². The summed E-state index contributed by atoms with van der Waals surface area (Å²) in [6, 6.07) is 2.31. The number of hydrogen-bond acceptors (Lipinski definition) is 9. The van der Waals surface area contributed by atoms with Crippen molar-refractivity contribution in [3.05, 3.63) is 47.3 Å². The van der Waals surface area contributed by atoms with E-state index in [2.05, 4.69) is 26.3 Å². The molecule has 0 bridgehead atoms. The Labute approximate surface area is 202 Å². The van der Waals surface area contributed by atoms with Crippen molar-refractivity contribution in [2.24, 2.45) is 0 Å². The normalized spacial score (nSPS) is 27.6. The fourth-order valence-corrected chi connectivity index (χ4v) is 6.30. The zero-order valence-electron chi connectivity index (χ0n) is 19.0. The molecule has 2 unspecified atom stereocenters. The van der Waals surface area contributed by atoms with E-state index in [-0.39, 0.29) is 23.9 Å². The molecule has 180 valence electrons. The monoisotopic (exact) mass is 485 g/mol. The van der Waals surface area contributed by atoms with Crippen molar-refractivity contribution in [3.63, 3.8) is 0 Å². The Morgan fingerprint density at radius 2 is 2.24 bits per heavy atom. The van der Waals surface area contributed by atoms with Gasteiger partial charge in [-0.25, -0.2) is 4.39 Å². The van der Waals surface area contributed by atoms with Gasteiger partial charge in [-0.1, -0.05) is 11.8 Å². The third-order valence-electron chi connectivity index (χ3n) is 7.22. The number of thioether (sulfide) groups is 1. The van der Waals surface area contributed by atoms with Gasteiger partial charge in [0.1, 0.15) is 18.0 Å². The van der Waals surface area contributed by atoms with E-state index >= 15 is 0 Å². The number of aliphatic hydroxyl groups is 1. The predicted molar refractivity (Wildman–Crippen MR) is 127 cm³/mol. The zero-order valence-corrected chi connectivity index (χ0v) is 19.8. The van der Waals surface area contributed by atoms with Crippen LogP contribution in [0.3, 0.4) is 0 Å². The first-order valence-corrected chi connectivity index (χ1v) is 12.6. The molecular formula is C24H28FN5O3S. The maximum atomic E-state index is 14.8. The first-order chi connectivity index (χ1) is 16.6. The number of piperidine rings is 1. The quantitative estimate of drug-likeness (QED) is 0.640. The number of methoxy groups -OCH3 is 1. The van der Waals surface area contributed by atoms with Gasteiger partial charge >= 0.3 is 0 Å². The summed E-state index contributed by atoms with van der Waals surface area (Å²) in [5.74, 6) is 1.20. The molecule has 0 amide bonds. The highest BCUT2D eigenvalue weighted by atomic mass is 32.2. The van der Waals surface area contributed by atoms with Crippen LogP contribution in [0.5, 0.6) is 5.75 Å². The Balaban J connectivity index is 1.10. The number of pyridine rings is 2. The largest absolute Gasteiger partial charge is 0.480 e. The molecule has 2 N–H and O–H groups in total. The summed E-state index contributed by atoms with van der Waals surface area (Å²) in [4.78, 5) is 14.1. The molecule has 4 atom stereocenters. The Morgan fingerprint density at radius 3 is 3.12 bits per heavy atom. The lowest BCUT2D eigenvalue weighted by atomic mass is 9.96. The standard InChI is InChI=1S/C24H28FN5O3S/c1-32-20-12-29(5-4-17(20)27-7-15-6-21-19(9-26-15)33-13-34-21)10-14-11-30-22(31)3-2-18-24(30)23(14)16(25)8-28-18/h2-3,6,8-9,14,17,20,22,27,31H,4-5,7,10-13H2,1H3/t14?,17-,20+,22?/m0/s1. The number of nitrogens with zero attached hydrogens (tertiary/aromatic N) is 4. The van der Waals surface area contributed by atoms with E-state index < -0.39 is 6.23 Å². The molecule has 0 radical (unpaired) electrons. The molecule has 8 nitrogen and oxygen atoms in total. The molecule has 4 aliphatic rings. The maximum absolute atomic E-state index is 14.8. The minimum Gasteiger partial charge on any atom is -0.480 e. The van der Waals surface area contributed by atoms with Gasteiger partial charge in [-0.3, -0.25) is 14.9 Å². The minimum atomic E-state index is -0.737. The Morgan fingerprint density at radius 1 is 1.32 bits per heavy atom. The van der Waals surface area contributed by atoms with Crippen LogP contribution in [-0.4, -0.2) is 77.6 Å². The minimum absolute atomic E-state index is 0.0244. The lowest BCUT2D eigenvalue weighted by Gasteiger charge is -2.39. The van der Waals surface area contributed by atoms with Crippen molar-refractivity contribution in [2.45, 2.75) is 42.2 Å². The van der Waals surface area contributed by atoms with Crippen LogP contribution in [-0.2, 0) is 11.3 Å². The Kier molecular flexibility index (Phi) is 5.94. The van der Waals surface area contributed by atoms with Gasteiger partial charge in [0.2, 0.25) is 0 Å². The highest BCUT2D eigenvalue weighted by Gasteiger charge is 2.40. The van der Waals surface area contributed by atoms with Gasteiger partial charge in [0.25, 0.3) is 0 Å². The summed E-state index contributed by atoms with van der Waals surface area (Å²) < 4.78 is 26.2. The van der Waals surface area contributed by atoms with Crippen LogP contribution < -0.4 is 15.0 Å². The molecule has 1 fully saturated rings. The number of ether oxygens (including phenoxy) is 2. The average molecular weight is 486 g/mol. The lowest BCUT2D eigenvalue weighted by molar-refractivity contribution is 0.00370. The van der Waals surface area contributed by atoms with Gasteiger partial charge in [0.15, 0.2) is 5.75 Å². The fraction of sp³-hybridized carbons (Fsp3) is 0.500. The van der Waals surface area contributed by atoms with Gasteiger partial charge in [0, 0.05) is 50.8 Å². The molecule has 0 saturated carbocycles. The summed E-state index contributed by atoms with van der Waals surface area (Å²) in [6.45, 7) is 3.63. The van der Waals surface area contributed by atoms with E-state index in [0.717, 1.165) is 47.2 Å². The third kappa shape index (κ3) is 3.97. The van der Waals surface area contributed by atoms with Gasteiger partial charge in [-0.2, -0.15) is 0 Å². The number of hydrogen-bond donors (Lipinski definition) is 2. The van der Waals surface area contributed by atoms with Crippen LogP contribution >= 0.6 is 11.8 Å². The first kappa shape index (κ1) is 22.2. The summed E-state index contributed by atoms with van der Waals surface area (Å²) in [5, 5.41) is 14.0. The molecule has 1 saturated heterocycles. The van der Waals surface area contributed by atoms with Crippen molar-refractivity contribution in [1.82, 2.24) is 20.2 Å². The van der Waals surface area contributed by atoms with E-state index in [1.54, 1.807) is 37.2 Å². The smallest absolute Gasteiger partial charge is 0.152 e. The second-order valence-corrected chi connectivity index (χ2v) is 10.2. The number of halogens is 1. The average Bonchev–Trinajstić information content (AvgIpc) is 3.47. The van der Waals surface area contributed by atoms with Crippen molar-refractivity contribution in [3.8, 4) is 5.75 Å². The third-order valence-corrected chi connectivity index (χ3v) is 8.08. The van der Waals surface area contributed by atoms with Crippen LogP contribution in [0, 0.1) is 5.82 Å². The molecule has 6 rings (SSSR count). The number of aromatic nitrogens is 2. The number of nitrogens with one attached hydrogen (secondary N) is 1. The van der Waals surface area contributed by atoms with Crippen LogP contribution in [0.15, 0.2) is 29.4 Å². The van der Waals surface area contributed by atoms with E-state index in [1.807, 2.05) is 4.90 Å². The van der Waals surface area contributed by atoms with Gasteiger partial charge in [-0.05, 0) is 31.2 Å². The van der Waals surface area contributed by atoms with E-state index in [4.69, 9.17) is 9.47 Å². The number of rotatable bonds is 6. The molecule has 0 aliphatic carbocycles. The molecule has 4 aliphatic heterocycles. The second kappa shape index (κ2) is 9.09. The van der Waals surface area contributed by atoms with Crippen molar-refractivity contribution in [2.75, 3.05) is 44.1 Å². The number of likely N-dealkylation sites (tertiary alicyclic amines) is 1. The highest BCUT2D eigenvalue weighted by molar-refractivity contribution is 7.99. The molecule has 34 heavy (non-hydrogen) atoms. The summed E-state index contributed by atoms with van der Waals surface area (Å²) >= 11 is 1.69. The van der Waals surface area contributed by atoms with Gasteiger partial charge in [-0.15, -0.1) is 0 Å². The predicted octanol–water partition coefficient (Wildman–Crippen LogP) is 2.19. The summed E-state index contributed by atoms with van der Waals surface area (Å²) in [6.07, 6.45) is 6.81. The SMILES string of the molecule is CO[C@@H]1CN(CC2CN3c4c(ncc(F)c42)C=CC3O)CC[C@@H]1NCc1cc2c(cn1)OCS2. The number of aliphatic hydroxyl groups excluding tert-OH is 1. The topological polar surface area (TPSA) is 83.0 Å². The Hall–Kier alpha value is -2.24. The second-order valence-electron chi connectivity index (χ2n) is 9.21. The van der Waals surface area contributed by atoms with Gasteiger partial charge in [0.05, 0.1) is 40.5 Å². The molecule has 0 aromatic carbocycles. The van der Waals surface area contributed by atoms with Gasteiger partial charge < -0.3 is 24.8 Å². The molecule has 10 heteroatoms. The van der Waals surface area contributed by atoms with Crippen molar-refractivity contribution >= 4 is 23.5 Å². The maximum Gasteiger partial charge on any atom is 0.152 e. The Bertz CT molecular complexity index is 1120. The molecule has 2 aromatic rings. The molecule has 2 aromatic heterocycles. The van der Waals surface area contributed by atoms with Crippen LogP contribution in [0.2, 0.25) is 0 Å². The van der Waals surface area contributed by atoms with Crippen molar-refractivity contribution in [1.29, 1.82) is 0 Å². The van der Waals surface area contributed by atoms with E-state index in [0.29, 0.717) is 31.1 Å². The van der Waals surface area contributed by atoms with E-state index in [9.17, 15) is 9.50 Å². The summed E-state index contributed by atoms with van der Waals surface area (Å²) in [7, 11) is 1.75. The molecule has 0 spiro atoms. The van der Waals surface area contributed by atoms with E-state index in [1.165, 1.54) is 6.20 Å². The zero-order chi connectivity index (χ0) is 23.2. The molecular weight excluding hydrogens is 457 g/mol. The molecule has 6 heterocycles. The number of fused-ring (bicyclic) bond motifs is 1. The lowest BCUT2D eigenvalue weighted by Crippen LogP contribution is -2.54. The van der Waals surface area contributed by atoms with Crippen LogP contribution in [0.4, 0.5) is 10.1 Å². The number of anilines is 1. The van der Waals surface area contributed by atoms with Crippen LogP contribution in [0.25, 0.3) is 6.08 Å². The first-order valence-electron chi connectivity index (χ1n) is 11.6.